The highest BCUT2D eigenvalue weighted by molar-refractivity contribution is 7.15. The largest absolute Gasteiger partial charge is 0.456 e. The van der Waals surface area contributed by atoms with Gasteiger partial charge in [0.2, 0.25) is 0 Å². The van der Waals surface area contributed by atoms with E-state index in [1.165, 1.54) is 27.9 Å². The first kappa shape index (κ1) is 14.2. The molecule has 6 heteroatoms. The molecule has 0 bridgehead atoms. The van der Waals surface area contributed by atoms with Gasteiger partial charge in [-0.3, -0.25) is 9.20 Å². The Morgan fingerprint density at radius 2 is 2.14 bits per heavy atom. The summed E-state index contributed by atoms with van der Waals surface area (Å²) < 4.78 is 6.55. The van der Waals surface area contributed by atoms with Crippen molar-refractivity contribution in [1.82, 2.24) is 9.38 Å². The van der Waals surface area contributed by atoms with E-state index in [-0.39, 0.29) is 12.2 Å². The highest BCUT2D eigenvalue weighted by atomic mass is 32.1. The summed E-state index contributed by atoms with van der Waals surface area (Å²) in [4.78, 5) is 28.3. The lowest BCUT2D eigenvalue weighted by Crippen LogP contribution is -2.14. The molecule has 0 saturated heterocycles. The third kappa shape index (κ3) is 3.29. The van der Waals surface area contributed by atoms with Gasteiger partial charge < -0.3 is 4.74 Å². The van der Waals surface area contributed by atoms with Crippen LogP contribution in [-0.4, -0.2) is 15.4 Å². The molecule has 0 N–H and O–H groups in total. The Morgan fingerprint density at radius 1 is 1.32 bits per heavy atom. The van der Waals surface area contributed by atoms with Gasteiger partial charge in [0.05, 0.1) is 5.69 Å². The summed E-state index contributed by atoms with van der Waals surface area (Å²) in [5.41, 5.74) is 1.17. The van der Waals surface area contributed by atoms with E-state index >= 15 is 0 Å². The maximum Gasteiger partial charge on any atom is 0.331 e. The molecule has 0 unspecified atom stereocenters. The zero-order chi connectivity index (χ0) is 15.4. The van der Waals surface area contributed by atoms with Crippen molar-refractivity contribution in [2.45, 2.75) is 6.61 Å². The molecule has 0 atom stereocenters. The fourth-order valence-electron chi connectivity index (χ4n) is 1.88. The summed E-state index contributed by atoms with van der Waals surface area (Å²) in [6.07, 6.45) is 4.69. The van der Waals surface area contributed by atoms with Gasteiger partial charge >= 0.3 is 5.97 Å². The van der Waals surface area contributed by atoms with Gasteiger partial charge in [-0.05, 0) is 11.6 Å². The van der Waals surface area contributed by atoms with E-state index < -0.39 is 5.97 Å². The Morgan fingerprint density at radius 3 is 2.95 bits per heavy atom. The minimum absolute atomic E-state index is 0.0262. The molecule has 22 heavy (non-hydrogen) atoms. The standard InChI is InChI=1S/C16H12N2O3S/c19-14-10-13(17-16-18(14)8-9-22-16)11-21-15(20)7-6-12-4-2-1-3-5-12/h1-10H,11H2. The highest BCUT2D eigenvalue weighted by Crippen LogP contribution is 2.07. The van der Waals surface area contributed by atoms with Gasteiger partial charge in [0.25, 0.3) is 5.56 Å². The molecule has 3 aromatic rings. The number of esters is 1. The van der Waals surface area contributed by atoms with Crippen molar-refractivity contribution in [3.63, 3.8) is 0 Å². The summed E-state index contributed by atoms with van der Waals surface area (Å²) in [5, 5.41) is 1.78. The van der Waals surface area contributed by atoms with Gasteiger partial charge in [0.15, 0.2) is 4.96 Å². The minimum atomic E-state index is -0.475. The zero-order valence-electron chi connectivity index (χ0n) is 11.5. The molecule has 0 amide bonds. The molecule has 0 aliphatic carbocycles. The lowest BCUT2D eigenvalue weighted by atomic mass is 10.2. The van der Waals surface area contributed by atoms with E-state index in [0.717, 1.165) is 5.56 Å². The highest BCUT2D eigenvalue weighted by Gasteiger charge is 2.05. The molecule has 0 spiro atoms. The van der Waals surface area contributed by atoms with E-state index in [1.807, 2.05) is 30.3 Å². The Bertz CT molecular complexity index is 881. The SMILES string of the molecule is O=C(C=Cc1ccccc1)OCc1cc(=O)n2ccsc2n1. The monoisotopic (exact) mass is 312 g/mol. The summed E-state index contributed by atoms with van der Waals surface area (Å²) in [7, 11) is 0. The van der Waals surface area contributed by atoms with Crippen molar-refractivity contribution < 1.29 is 9.53 Å². The number of hydrogen-bond acceptors (Lipinski definition) is 5. The van der Waals surface area contributed by atoms with Crippen molar-refractivity contribution in [1.29, 1.82) is 0 Å². The number of ether oxygens (including phenoxy) is 1. The number of rotatable bonds is 4. The van der Waals surface area contributed by atoms with Crippen LogP contribution < -0.4 is 5.56 Å². The van der Waals surface area contributed by atoms with Crippen LogP contribution in [0.15, 0.2) is 58.8 Å². The third-order valence-corrected chi connectivity index (χ3v) is 3.69. The van der Waals surface area contributed by atoms with Crippen molar-refractivity contribution >= 4 is 28.3 Å². The quantitative estimate of drug-likeness (QED) is 0.548. The molecule has 0 aliphatic rings. The predicted octanol–water partition coefficient (Wildman–Crippen LogP) is 2.51. The van der Waals surface area contributed by atoms with Crippen LogP contribution in [0.4, 0.5) is 0 Å². The molecule has 0 radical (unpaired) electrons. The molecular weight excluding hydrogens is 300 g/mol. The van der Waals surface area contributed by atoms with E-state index in [9.17, 15) is 9.59 Å². The van der Waals surface area contributed by atoms with Crippen molar-refractivity contribution in [2.75, 3.05) is 0 Å². The first-order valence-corrected chi connectivity index (χ1v) is 7.46. The summed E-state index contributed by atoms with van der Waals surface area (Å²) in [5.74, 6) is -0.475. The van der Waals surface area contributed by atoms with E-state index in [4.69, 9.17) is 4.74 Å². The molecule has 0 fully saturated rings. The predicted molar refractivity (Wildman–Crippen MR) is 84.6 cm³/mol. The lowest BCUT2D eigenvalue weighted by molar-refractivity contribution is -0.139. The number of fused-ring (bicyclic) bond motifs is 1. The Kier molecular flexibility index (Phi) is 4.11. The van der Waals surface area contributed by atoms with Crippen LogP contribution >= 0.6 is 11.3 Å². The third-order valence-electron chi connectivity index (χ3n) is 2.93. The van der Waals surface area contributed by atoms with Crippen LogP contribution in [-0.2, 0) is 16.1 Å². The summed E-state index contributed by atoms with van der Waals surface area (Å²) in [6, 6.07) is 10.8. The van der Waals surface area contributed by atoms with Gasteiger partial charge in [-0.15, -0.1) is 11.3 Å². The van der Waals surface area contributed by atoms with Crippen molar-refractivity contribution in [2.24, 2.45) is 0 Å². The van der Waals surface area contributed by atoms with Gasteiger partial charge in [0.1, 0.15) is 6.61 Å². The van der Waals surface area contributed by atoms with Gasteiger partial charge in [0, 0.05) is 23.7 Å². The minimum Gasteiger partial charge on any atom is -0.456 e. The fourth-order valence-corrected chi connectivity index (χ4v) is 2.62. The fraction of sp³-hybridized carbons (Fsp3) is 0.0625. The molecule has 110 valence electrons. The topological polar surface area (TPSA) is 60.7 Å². The van der Waals surface area contributed by atoms with E-state index in [1.54, 1.807) is 17.7 Å². The van der Waals surface area contributed by atoms with Gasteiger partial charge in [-0.2, -0.15) is 0 Å². The Hall–Kier alpha value is -2.73. The molecule has 3 rings (SSSR count). The second-order valence-electron chi connectivity index (χ2n) is 4.49. The molecule has 0 saturated carbocycles. The number of carbonyl (C=O) groups excluding carboxylic acids is 1. The van der Waals surface area contributed by atoms with Crippen molar-refractivity contribution in [3.8, 4) is 0 Å². The number of thiazole rings is 1. The second kappa shape index (κ2) is 6.36. The molecule has 5 nitrogen and oxygen atoms in total. The second-order valence-corrected chi connectivity index (χ2v) is 5.37. The summed E-state index contributed by atoms with van der Waals surface area (Å²) in [6.45, 7) is -0.0262. The van der Waals surface area contributed by atoms with Crippen molar-refractivity contribution in [3.05, 3.63) is 75.7 Å². The zero-order valence-corrected chi connectivity index (χ0v) is 12.3. The van der Waals surface area contributed by atoms with Crippen LogP contribution in [0.3, 0.4) is 0 Å². The first-order chi connectivity index (χ1) is 10.7. The smallest absolute Gasteiger partial charge is 0.331 e. The number of benzene rings is 1. The lowest BCUT2D eigenvalue weighted by Gasteiger charge is -2.01. The number of carbonyl (C=O) groups is 1. The molecule has 0 aliphatic heterocycles. The average molecular weight is 312 g/mol. The Labute approximate surface area is 130 Å². The van der Waals surface area contributed by atoms with E-state index in [2.05, 4.69) is 4.98 Å². The Balaban J connectivity index is 1.65. The summed E-state index contributed by atoms with van der Waals surface area (Å²) >= 11 is 1.35. The normalized spacial score (nSPS) is 11.1. The van der Waals surface area contributed by atoms with Gasteiger partial charge in [-0.25, -0.2) is 9.78 Å². The number of aromatic nitrogens is 2. The number of nitrogens with zero attached hydrogens (tertiary/aromatic N) is 2. The van der Waals surface area contributed by atoms with Crippen LogP contribution in [0.2, 0.25) is 0 Å². The molecule has 2 aromatic heterocycles. The van der Waals surface area contributed by atoms with Crippen LogP contribution in [0.25, 0.3) is 11.0 Å². The average Bonchev–Trinajstić information content (AvgIpc) is 3.01. The molecule has 1 aromatic carbocycles. The van der Waals surface area contributed by atoms with Crippen LogP contribution in [0.1, 0.15) is 11.3 Å². The van der Waals surface area contributed by atoms with E-state index in [0.29, 0.717) is 10.7 Å². The van der Waals surface area contributed by atoms with Gasteiger partial charge in [-0.1, -0.05) is 30.3 Å². The molecule has 2 heterocycles. The van der Waals surface area contributed by atoms with Crippen LogP contribution in [0.5, 0.6) is 0 Å². The maximum absolute atomic E-state index is 11.8. The number of hydrogen-bond donors (Lipinski definition) is 0. The maximum atomic E-state index is 11.8. The first-order valence-electron chi connectivity index (χ1n) is 6.58. The molecular formula is C16H12N2O3S. The van der Waals surface area contributed by atoms with Crippen LogP contribution in [0, 0.1) is 0 Å².